The first-order valence-corrected chi connectivity index (χ1v) is 6.62. The van der Waals surface area contributed by atoms with Crippen LogP contribution >= 0.6 is 0 Å². The van der Waals surface area contributed by atoms with Crippen molar-refractivity contribution in [1.29, 1.82) is 0 Å². The maximum absolute atomic E-state index is 11.0. The fourth-order valence-corrected chi connectivity index (χ4v) is 1.77. The molecule has 2 rings (SSSR count). The summed E-state index contributed by atoms with van der Waals surface area (Å²) < 4.78 is 5.76. The van der Waals surface area contributed by atoms with E-state index >= 15 is 0 Å². The molecule has 0 fully saturated rings. The van der Waals surface area contributed by atoms with Gasteiger partial charge in [-0.3, -0.25) is 4.79 Å². The minimum absolute atomic E-state index is 0.0738. The summed E-state index contributed by atoms with van der Waals surface area (Å²) in [6.07, 6.45) is 0. The van der Waals surface area contributed by atoms with E-state index < -0.39 is 0 Å². The zero-order chi connectivity index (χ0) is 15.8. The normalized spacial score (nSPS) is 9.38. The van der Waals surface area contributed by atoms with Crippen molar-refractivity contribution in [3.63, 3.8) is 0 Å². The first-order valence-electron chi connectivity index (χ1n) is 6.62. The van der Waals surface area contributed by atoms with Gasteiger partial charge in [0.25, 0.3) is 0 Å². The molecule has 2 aromatic carbocycles. The molecule has 112 valence electrons. The first-order chi connectivity index (χ1) is 10.0. The zero-order valence-corrected chi connectivity index (χ0v) is 12.8. The van der Waals surface area contributed by atoms with Gasteiger partial charge >= 0.3 is 0 Å². The summed E-state index contributed by atoms with van der Waals surface area (Å²) in [5.74, 6) is 1.49. The van der Waals surface area contributed by atoms with E-state index in [4.69, 9.17) is 9.84 Å². The van der Waals surface area contributed by atoms with Crippen LogP contribution in [0, 0.1) is 13.8 Å². The summed E-state index contributed by atoms with van der Waals surface area (Å²) in [4.78, 5) is 11.0. The van der Waals surface area contributed by atoms with E-state index in [1.165, 1.54) is 12.5 Å². The number of carbonyl (C=O) groups is 1. The van der Waals surface area contributed by atoms with Crippen LogP contribution in [0.2, 0.25) is 0 Å². The van der Waals surface area contributed by atoms with Crippen LogP contribution in [0.15, 0.2) is 42.5 Å². The minimum atomic E-state index is -0.0738. The number of hydrogen-bond donors (Lipinski definition) is 2. The number of aliphatic hydroxyl groups is 1. The Balaban J connectivity index is 0.00000106. The molecule has 4 nitrogen and oxygen atoms in total. The summed E-state index contributed by atoms with van der Waals surface area (Å²) >= 11 is 0. The molecule has 0 aliphatic heterocycles. The van der Waals surface area contributed by atoms with E-state index in [0.29, 0.717) is 0 Å². The van der Waals surface area contributed by atoms with Gasteiger partial charge in [0.1, 0.15) is 11.5 Å². The van der Waals surface area contributed by atoms with E-state index in [2.05, 4.69) is 5.32 Å². The Hall–Kier alpha value is -2.33. The highest BCUT2D eigenvalue weighted by molar-refractivity contribution is 5.89. The lowest BCUT2D eigenvalue weighted by Crippen LogP contribution is -2.06. The molecule has 0 aromatic heterocycles. The standard InChI is InChI=1S/C16H17NO2.CH4O/c1-11-4-6-14(7-5-11)19-15-8-9-16(12(2)10-15)17-13(3)18;1-2/h4-10H,1-3H3,(H,17,18);2H,1H3. The fraction of sp³-hybridized carbons (Fsp3) is 0.235. The van der Waals surface area contributed by atoms with Gasteiger partial charge in [-0.05, 0) is 49.7 Å². The lowest BCUT2D eigenvalue weighted by atomic mass is 10.2. The highest BCUT2D eigenvalue weighted by Gasteiger charge is 2.03. The predicted octanol–water partition coefficient (Wildman–Crippen LogP) is 3.66. The first kappa shape index (κ1) is 16.7. The summed E-state index contributed by atoms with van der Waals surface area (Å²) in [6.45, 7) is 5.47. The number of rotatable bonds is 3. The van der Waals surface area contributed by atoms with Gasteiger partial charge in [0.15, 0.2) is 0 Å². The monoisotopic (exact) mass is 287 g/mol. The summed E-state index contributed by atoms with van der Waals surface area (Å²) in [5.41, 5.74) is 2.98. The molecule has 0 aliphatic rings. The second-order valence-electron chi connectivity index (χ2n) is 4.57. The van der Waals surface area contributed by atoms with Crippen molar-refractivity contribution in [2.45, 2.75) is 20.8 Å². The summed E-state index contributed by atoms with van der Waals surface area (Å²) in [5, 5.41) is 9.78. The van der Waals surface area contributed by atoms with Crippen LogP contribution < -0.4 is 10.1 Å². The van der Waals surface area contributed by atoms with Gasteiger partial charge in [0, 0.05) is 19.7 Å². The molecule has 0 saturated carbocycles. The molecule has 21 heavy (non-hydrogen) atoms. The number of aliphatic hydroxyl groups excluding tert-OH is 1. The van der Waals surface area contributed by atoms with Gasteiger partial charge in [-0.25, -0.2) is 0 Å². The Morgan fingerprint density at radius 2 is 1.57 bits per heavy atom. The number of ether oxygens (including phenoxy) is 1. The second-order valence-corrected chi connectivity index (χ2v) is 4.57. The number of nitrogens with one attached hydrogen (secondary N) is 1. The van der Waals surface area contributed by atoms with Crippen molar-refractivity contribution in [2.24, 2.45) is 0 Å². The molecule has 0 aliphatic carbocycles. The Kier molecular flexibility index (Phi) is 6.43. The molecule has 0 heterocycles. The molecule has 2 N–H and O–H groups in total. The summed E-state index contributed by atoms with van der Waals surface area (Å²) in [6, 6.07) is 13.5. The molecular weight excluding hydrogens is 266 g/mol. The second kappa shape index (κ2) is 8.07. The van der Waals surface area contributed by atoms with Gasteiger partial charge in [-0.2, -0.15) is 0 Å². The molecule has 4 heteroatoms. The number of carbonyl (C=O) groups excluding carboxylic acids is 1. The van der Waals surface area contributed by atoms with Gasteiger partial charge in [-0.15, -0.1) is 0 Å². The van der Waals surface area contributed by atoms with Crippen molar-refractivity contribution in [2.75, 3.05) is 12.4 Å². The highest BCUT2D eigenvalue weighted by Crippen LogP contribution is 2.26. The quantitative estimate of drug-likeness (QED) is 0.905. The smallest absolute Gasteiger partial charge is 0.221 e. The fourth-order valence-electron chi connectivity index (χ4n) is 1.77. The van der Waals surface area contributed by atoms with Gasteiger partial charge < -0.3 is 15.2 Å². The Labute approximate surface area is 125 Å². The third kappa shape index (κ3) is 5.28. The topological polar surface area (TPSA) is 58.6 Å². The Bertz CT molecular complexity index is 591. The van der Waals surface area contributed by atoms with Gasteiger partial charge in [0.2, 0.25) is 5.91 Å². The van der Waals surface area contributed by atoms with Crippen molar-refractivity contribution in [3.05, 3.63) is 53.6 Å². The number of anilines is 1. The predicted molar refractivity (Wildman–Crippen MR) is 84.9 cm³/mol. The highest BCUT2D eigenvalue weighted by atomic mass is 16.5. The van der Waals surface area contributed by atoms with Crippen LogP contribution in [0.1, 0.15) is 18.1 Å². The molecule has 0 atom stereocenters. The van der Waals surface area contributed by atoms with E-state index in [1.807, 2.05) is 56.3 Å². The van der Waals surface area contributed by atoms with Crippen LogP contribution in [0.3, 0.4) is 0 Å². The SMILES string of the molecule is CC(=O)Nc1ccc(Oc2ccc(C)cc2)cc1C.CO. The number of aryl methyl sites for hydroxylation is 2. The van der Waals surface area contributed by atoms with E-state index in [0.717, 1.165) is 29.9 Å². The molecule has 0 bridgehead atoms. The number of amides is 1. The molecule has 0 spiro atoms. The lowest BCUT2D eigenvalue weighted by Gasteiger charge is -2.10. The largest absolute Gasteiger partial charge is 0.457 e. The minimum Gasteiger partial charge on any atom is -0.457 e. The number of hydrogen-bond acceptors (Lipinski definition) is 3. The maximum atomic E-state index is 11.0. The van der Waals surface area contributed by atoms with Gasteiger partial charge in [0.05, 0.1) is 0 Å². The van der Waals surface area contributed by atoms with Crippen LogP contribution in [0.4, 0.5) is 5.69 Å². The van der Waals surface area contributed by atoms with Crippen LogP contribution in [-0.4, -0.2) is 18.1 Å². The molecule has 2 aromatic rings. The van der Waals surface area contributed by atoms with Crippen LogP contribution in [-0.2, 0) is 4.79 Å². The molecule has 0 radical (unpaired) electrons. The molecular formula is C17H21NO3. The Morgan fingerprint density at radius 1 is 1.00 bits per heavy atom. The van der Waals surface area contributed by atoms with Crippen molar-refractivity contribution < 1.29 is 14.6 Å². The molecule has 1 amide bonds. The molecule has 0 saturated heterocycles. The number of benzene rings is 2. The third-order valence-corrected chi connectivity index (χ3v) is 2.77. The average Bonchev–Trinajstić information content (AvgIpc) is 2.46. The zero-order valence-electron chi connectivity index (χ0n) is 12.8. The van der Waals surface area contributed by atoms with Crippen LogP contribution in [0.5, 0.6) is 11.5 Å². The molecule has 0 unspecified atom stereocenters. The van der Waals surface area contributed by atoms with E-state index in [1.54, 1.807) is 0 Å². The summed E-state index contributed by atoms with van der Waals surface area (Å²) in [7, 11) is 1.00. The third-order valence-electron chi connectivity index (χ3n) is 2.77. The van der Waals surface area contributed by atoms with Crippen LogP contribution in [0.25, 0.3) is 0 Å². The van der Waals surface area contributed by atoms with E-state index in [-0.39, 0.29) is 5.91 Å². The Morgan fingerprint density at radius 3 is 2.10 bits per heavy atom. The lowest BCUT2D eigenvalue weighted by molar-refractivity contribution is -0.114. The van der Waals surface area contributed by atoms with Gasteiger partial charge in [-0.1, -0.05) is 17.7 Å². The van der Waals surface area contributed by atoms with Crippen molar-refractivity contribution in [1.82, 2.24) is 0 Å². The van der Waals surface area contributed by atoms with Crippen molar-refractivity contribution >= 4 is 11.6 Å². The average molecular weight is 287 g/mol. The maximum Gasteiger partial charge on any atom is 0.221 e. The van der Waals surface area contributed by atoms with Crippen molar-refractivity contribution in [3.8, 4) is 11.5 Å². The van der Waals surface area contributed by atoms with E-state index in [9.17, 15) is 4.79 Å².